The van der Waals surface area contributed by atoms with E-state index in [1.165, 1.54) is 87.8 Å². The predicted molar refractivity (Wildman–Crippen MR) is 197 cm³/mol. The summed E-state index contributed by atoms with van der Waals surface area (Å²) in [6.07, 6.45) is 0. The smallest absolute Gasteiger partial charge is 0.249 e. The lowest BCUT2D eigenvalue weighted by atomic mass is 9.31. The number of hydrogen-bond acceptors (Lipinski definition) is 0. The van der Waals surface area contributed by atoms with E-state index in [4.69, 9.17) is 0 Å². The van der Waals surface area contributed by atoms with E-state index in [1.54, 1.807) is 0 Å². The highest BCUT2D eigenvalue weighted by molar-refractivity contribution is 7.01. The third-order valence-corrected chi connectivity index (χ3v) is 10.6. The number of nitrogens with zero attached hydrogens (tertiary/aromatic N) is 2. The van der Waals surface area contributed by atoms with Crippen molar-refractivity contribution in [3.8, 4) is 11.4 Å². The fraction of sp³-hybridized carbons (Fsp3) is 0. The summed E-state index contributed by atoms with van der Waals surface area (Å²) in [5.41, 5.74) is 15.9. The normalized spacial score (nSPS) is 13.1. The quantitative estimate of drug-likeness (QED) is 0.238. The van der Waals surface area contributed by atoms with Crippen LogP contribution in [0.4, 0.5) is 0 Å². The van der Waals surface area contributed by atoms with Gasteiger partial charge in [-0.1, -0.05) is 150 Å². The van der Waals surface area contributed by atoms with Crippen molar-refractivity contribution in [1.82, 2.24) is 9.13 Å². The summed E-state index contributed by atoms with van der Waals surface area (Å²) in [6, 6.07) is 58.8. The molecule has 2 aliphatic rings. The van der Waals surface area contributed by atoms with E-state index in [-0.39, 0.29) is 13.4 Å². The molecule has 2 aromatic heterocycles. The molecule has 0 saturated carbocycles. The number of aromatic nitrogens is 2. The lowest BCUT2D eigenvalue weighted by Crippen LogP contribution is -2.62. The average molecular weight is 580 g/mol. The molecule has 0 saturated heterocycles. The Kier molecular flexibility index (Phi) is 4.77. The molecule has 2 nitrogen and oxygen atoms in total. The molecule has 0 unspecified atom stereocenters. The predicted octanol–water partition coefficient (Wildman–Crippen LogP) is 5.54. The number of benzene rings is 7. The van der Waals surface area contributed by atoms with E-state index >= 15 is 0 Å². The Morgan fingerprint density at radius 3 is 1.50 bits per heavy atom. The van der Waals surface area contributed by atoms with Gasteiger partial charge in [-0.15, -0.1) is 0 Å². The van der Waals surface area contributed by atoms with Crippen LogP contribution in [0.1, 0.15) is 0 Å². The first kappa shape index (κ1) is 24.6. The maximum absolute atomic E-state index is 2.61. The Labute approximate surface area is 267 Å². The van der Waals surface area contributed by atoms with Gasteiger partial charge in [0.25, 0.3) is 0 Å². The third-order valence-electron chi connectivity index (χ3n) is 10.6. The molecule has 46 heavy (non-hydrogen) atoms. The van der Waals surface area contributed by atoms with Gasteiger partial charge in [-0.2, -0.15) is 0 Å². The first-order valence-electron chi connectivity index (χ1n) is 16.2. The fourth-order valence-electron chi connectivity index (χ4n) is 8.93. The van der Waals surface area contributed by atoms with Crippen molar-refractivity contribution in [2.45, 2.75) is 0 Å². The van der Waals surface area contributed by atoms with Crippen molar-refractivity contribution in [2.24, 2.45) is 0 Å². The van der Waals surface area contributed by atoms with Crippen molar-refractivity contribution in [2.75, 3.05) is 0 Å². The third kappa shape index (κ3) is 2.99. The summed E-state index contributed by atoms with van der Waals surface area (Å²) in [5, 5.41) is 5.24. The minimum atomic E-state index is 0.0737. The number of para-hydroxylation sites is 4. The maximum Gasteiger partial charge on any atom is 0.249 e. The Morgan fingerprint density at radius 2 is 0.848 bits per heavy atom. The Morgan fingerprint density at radius 1 is 0.348 bits per heavy atom. The van der Waals surface area contributed by atoms with Gasteiger partial charge in [0.2, 0.25) is 13.4 Å². The molecule has 0 spiro atoms. The SMILES string of the molecule is c1ccc(B2c3c(ccc4c3-n3c5ccccc5c5cccc(c53)B4c3ccccc3)-n3c4ccccc4c4cccc2c43)cc1. The Hall–Kier alpha value is -5.73. The zero-order valence-electron chi connectivity index (χ0n) is 25.1. The second-order valence-corrected chi connectivity index (χ2v) is 12.8. The van der Waals surface area contributed by atoms with Gasteiger partial charge in [0.05, 0.1) is 11.0 Å². The molecule has 0 N–H and O–H groups in total. The van der Waals surface area contributed by atoms with Gasteiger partial charge < -0.3 is 9.13 Å². The number of hydrogen-bond donors (Lipinski definition) is 0. The molecular formula is C42H26B2N2. The Balaban J connectivity index is 1.39. The van der Waals surface area contributed by atoms with Crippen LogP contribution in [0, 0.1) is 0 Å². The average Bonchev–Trinajstić information content (AvgIpc) is 3.64. The minimum Gasteiger partial charge on any atom is -0.311 e. The standard InChI is InChI=1S/C42H26B2N2/c1-3-13-27(14-4-1)43-33-21-11-20-32-30-18-8-10-24-37(30)46(41(32)33)42-35(43)25-26-38-39(42)44(28-15-5-2-6-16-28)34-22-12-19-31-29-17-7-9-23-36(29)45(38)40(31)34/h1-26H. The zero-order chi connectivity index (χ0) is 29.9. The van der Waals surface area contributed by atoms with E-state index in [1.807, 2.05) is 0 Å². The van der Waals surface area contributed by atoms with E-state index in [0.717, 1.165) is 0 Å². The van der Waals surface area contributed by atoms with Crippen LogP contribution >= 0.6 is 0 Å². The first-order chi connectivity index (χ1) is 22.9. The van der Waals surface area contributed by atoms with Crippen LogP contribution in [0.2, 0.25) is 0 Å². The number of rotatable bonds is 2. The van der Waals surface area contributed by atoms with E-state index < -0.39 is 0 Å². The van der Waals surface area contributed by atoms with E-state index in [2.05, 4.69) is 167 Å². The summed E-state index contributed by atoms with van der Waals surface area (Å²) in [6.45, 7) is 0.196. The summed E-state index contributed by atoms with van der Waals surface area (Å²) in [7, 11) is 0. The van der Waals surface area contributed by atoms with Gasteiger partial charge in [-0.25, -0.2) is 0 Å². The van der Waals surface area contributed by atoms with Crippen molar-refractivity contribution < 1.29 is 0 Å². The van der Waals surface area contributed by atoms with E-state index in [0.29, 0.717) is 0 Å². The highest BCUT2D eigenvalue weighted by Crippen LogP contribution is 2.37. The summed E-state index contributed by atoms with van der Waals surface area (Å²) in [4.78, 5) is 0. The molecule has 2 aliphatic heterocycles. The van der Waals surface area contributed by atoms with Crippen molar-refractivity contribution in [3.05, 3.63) is 158 Å². The van der Waals surface area contributed by atoms with Crippen LogP contribution in [0.5, 0.6) is 0 Å². The maximum atomic E-state index is 2.61. The van der Waals surface area contributed by atoms with Crippen LogP contribution in [0.3, 0.4) is 0 Å². The second-order valence-electron chi connectivity index (χ2n) is 12.8. The van der Waals surface area contributed by atoms with Gasteiger partial charge in [0, 0.05) is 44.0 Å². The van der Waals surface area contributed by atoms with Crippen LogP contribution in [-0.2, 0) is 0 Å². The number of fused-ring (bicyclic) bond motifs is 11. The van der Waals surface area contributed by atoms with Gasteiger partial charge in [-0.3, -0.25) is 0 Å². The van der Waals surface area contributed by atoms with Crippen LogP contribution in [-0.4, -0.2) is 22.6 Å². The van der Waals surface area contributed by atoms with Crippen molar-refractivity contribution in [3.63, 3.8) is 0 Å². The summed E-state index contributed by atoms with van der Waals surface area (Å²) in [5.74, 6) is 0. The molecule has 7 aromatic carbocycles. The molecule has 0 atom stereocenters. The molecule has 9 aromatic rings. The lowest BCUT2D eigenvalue weighted by Gasteiger charge is -2.35. The summed E-state index contributed by atoms with van der Waals surface area (Å²) >= 11 is 0. The molecule has 11 rings (SSSR count). The van der Waals surface area contributed by atoms with Crippen LogP contribution in [0.15, 0.2) is 158 Å². The highest BCUT2D eigenvalue weighted by atomic mass is 15.0. The molecule has 0 radical (unpaired) electrons. The van der Waals surface area contributed by atoms with Crippen LogP contribution < -0.4 is 32.8 Å². The van der Waals surface area contributed by atoms with Gasteiger partial charge >= 0.3 is 0 Å². The molecule has 210 valence electrons. The van der Waals surface area contributed by atoms with Gasteiger partial charge in [-0.05, 0) is 40.1 Å². The first-order valence-corrected chi connectivity index (χ1v) is 16.2. The molecule has 0 bridgehead atoms. The molecule has 4 heterocycles. The van der Waals surface area contributed by atoms with Gasteiger partial charge in [0.1, 0.15) is 0 Å². The van der Waals surface area contributed by atoms with E-state index in [9.17, 15) is 0 Å². The fourth-order valence-corrected chi connectivity index (χ4v) is 8.93. The molecule has 0 fully saturated rings. The Bertz CT molecular complexity index is 2700. The summed E-state index contributed by atoms with van der Waals surface area (Å²) < 4.78 is 5.16. The monoisotopic (exact) mass is 580 g/mol. The highest BCUT2D eigenvalue weighted by Gasteiger charge is 2.41. The molecule has 0 aliphatic carbocycles. The van der Waals surface area contributed by atoms with Crippen molar-refractivity contribution >= 4 is 89.8 Å². The topological polar surface area (TPSA) is 9.86 Å². The van der Waals surface area contributed by atoms with Crippen molar-refractivity contribution in [1.29, 1.82) is 0 Å². The largest absolute Gasteiger partial charge is 0.311 e. The lowest BCUT2D eigenvalue weighted by molar-refractivity contribution is 1.15. The molecule has 0 amide bonds. The van der Waals surface area contributed by atoms with Crippen LogP contribution in [0.25, 0.3) is 55.0 Å². The van der Waals surface area contributed by atoms with Gasteiger partial charge in [0.15, 0.2) is 0 Å². The molecule has 4 heteroatoms. The second kappa shape index (κ2) is 8.93. The molecular weight excluding hydrogens is 554 g/mol. The minimum absolute atomic E-state index is 0.0737. The zero-order valence-corrected chi connectivity index (χ0v) is 25.1.